The summed E-state index contributed by atoms with van der Waals surface area (Å²) in [5.41, 5.74) is 0. The van der Waals surface area contributed by atoms with Crippen molar-refractivity contribution in [2.24, 2.45) is 5.92 Å². The van der Waals surface area contributed by atoms with Crippen LogP contribution in [0.3, 0.4) is 0 Å². The Morgan fingerprint density at radius 2 is 2.23 bits per heavy atom. The first kappa shape index (κ1) is 11.0. The van der Waals surface area contributed by atoms with Crippen LogP contribution < -0.4 is 5.32 Å². The summed E-state index contributed by atoms with van der Waals surface area (Å²) >= 11 is 0. The fourth-order valence-corrected chi connectivity index (χ4v) is 2.42. The van der Waals surface area contributed by atoms with E-state index in [1.165, 1.54) is 38.8 Å². The minimum Gasteiger partial charge on any atom is -0.316 e. The van der Waals surface area contributed by atoms with Crippen molar-refractivity contribution in [1.29, 1.82) is 0 Å². The van der Waals surface area contributed by atoms with Crippen molar-refractivity contribution in [2.45, 2.75) is 38.6 Å². The van der Waals surface area contributed by atoms with Crippen molar-refractivity contribution in [1.82, 2.24) is 10.2 Å². The zero-order valence-electron chi connectivity index (χ0n) is 9.34. The second-order valence-electron chi connectivity index (χ2n) is 4.43. The summed E-state index contributed by atoms with van der Waals surface area (Å²) in [6, 6.07) is 0.790. The van der Waals surface area contributed by atoms with Gasteiger partial charge in [-0.2, -0.15) is 0 Å². The second kappa shape index (κ2) is 5.61. The molecule has 0 aromatic carbocycles. The zero-order valence-corrected chi connectivity index (χ0v) is 9.34. The van der Waals surface area contributed by atoms with E-state index >= 15 is 0 Å². The number of piperidine rings is 1. The van der Waals surface area contributed by atoms with E-state index in [1.807, 2.05) is 0 Å². The van der Waals surface area contributed by atoms with E-state index in [0.717, 1.165) is 12.0 Å². The predicted octanol–water partition coefficient (Wildman–Crippen LogP) is 1.72. The van der Waals surface area contributed by atoms with Gasteiger partial charge in [-0.25, -0.2) is 0 Å². The van der Waals surface area contributed by atoms with Crippen molar-refractivity contribution in [3.05, 3.63) is 0 Å². The standard InChI is InChI=1S/C11H24N2/c1-4-6-11(13(2)3)10-7-5-8-12-9-10/h10-12H,4-9H2,1-3H3. The van der Waals surface area contributed by atoms with E-state index in [1.54, 1.807) is 0 Å². The van der Waals surface area contributed by atoms with Gasteiger partial charge in [-0.15, -0.1) is 0 Å². The van der Waals surface area contributed by atoms with Crippen LogP contribution in [0.25, 0.3) is 0 Å². The Morgan fingerprint density at radius 1 is 1.46 bits per heavy atom. The summed E-state index contributed by atoms with van der Waals surface area (Å²) in [7, 11) is 4.43. The highest BCUT2D eigenvalue weighted by Gasteiger charge is 2.23. The van der Waals surface area contributed by atoms with Crippen LogP contribution in [-0.2, 0) is 0 Å². The van der Waals surface area contributed by atoms with Gasteiger partial charge in [-0.05, 0) is 52.4 Å². The minimum absolute atomic E-state index is 0.790. The van der Waals surface area contributed by atoms with Gasteiger partial charge in [0.05, 0.1) is 0 Å². The summed E-state index contributed by atoms with van der Waals surface area (Å²) in [6.07, 6.45) is 5.42. The predicted molar refractivity (Wildman–Crippen MR) is 58.0 cm³/mol. The molecule has 1 aliphatic heterocycles. The molecule has 0 radical (unpaired) electrons. The number of hydrogen-bond acceptors (Lipinski definition) is 2. The molecule has 1 fully saturated rings. The molecule has 1 aliphatic rings. The molecule has 13 heavy (non-hydrogen) atoms. The Kier molecular flexibility index (Phi) is 4.74. The van der Waals surface area contributed by atoms with Gasteiger partial charge < -0.3 is 10.2 Å². The molecule has 2 nitrogen and oxygen atoms in total. The number of rotatable bonds is 4. The average Bonchev–Trinajstić information content (AvgIpc) is 2.15. The summed E-state index contributed by atoms with van der Waals surface area (Å²) in [6.45, 7) is 4.73. The SMILES string of the molecule is CCCC(C1CCCNC1)N(C)C. The highest BCUT2D eigenvalue weighted by atomic mass is 15.1. The van der Waals surface area contributed by atoms with Crippen molar-refractivity contribution in [3.63, 3.8) is 0 Å². The van der Waals surface area contributed by atoms with E-state index in [0.29, 0.717) is 0 Å². The average molecular weight is 184 g/mol. The fraction of sp³-hybridized carbons (Fsp3) is 1.00. The van der Waals surface area contributed by atoms with Crippen LogP contribution in [0.4, 0.5) is 0 Å². The molecule has 2 unspecified atom stereocenters. The Morgan fingerprint density at radius 3 is 2.69 bits per heavy atom. The Hall–Kier alpha value is -0.0800. The van der Waals surface area contributed by atoms with Crippen LogP contribution >= 0.6 is 0 Å². The van der Waals surface area contributed by atoms with Crippen molar-refractivity contribution < 1.29 is 0 Å². The minimum atomic E-state index is 0.790. The number of nitrogens with one attached hydrogen (secondary N) is 1. The highest BCUT2D eigenvalue weighted by Crippen LogP contribution is 2.21. The number of nitrogens with zero attached hydrogens (tertiary/aromatic N) is 1. The summed E-state index contributed by atoms with van der Waals surface area (Å²) in [5, 5.41) is 3.50. The second-order valence-corrected chi connectivity index (χ2v) is 4.43. The Balaban J connectivity index is 2.41. The molecule has 1 heterocycles. The summed E-state index contributed by atoms with van der Waals surface area (Å²) in [5.74, 6) is 0.878. The third-order valence-electron chi connectivity index (χ3n) is 3.13. The third-order valence-corrected chi connectivity index (χ3v) is 3.13. The largest absolute Gasteiger partial charge is 0.316 e. The molecule has 0 saturated carbocycles. The molecule has 0 bridgehead atoms. The van der Waals surface area contributed by atoms with Gasteiger partial charge in [-0.1, -0.05) is 13.3 Å². The lowest BCUT2D eigenvalue weighted by Gasteiger charge is -2.35. The molecule has 1 N–H and O–H groups in total. The lowest BCUT2D eigenvalue weighted by molar-refractivity contribution is 0.169. The Labute approximate surface area is 82.7 Å². The van der Waals surface area contributed by atoms with E-state index in [9.17, 15) is 0 Å². The summed E-state index contributed by atoms with van der Waals surface area (Å²) in [4.78, 5) is 2.40. The van der Waals surface area contributed by atoms with E-state index in [-0.39, 0.29) is 0 Å². The maximum atomic E-state index is 3.50. The van der Waals surface area contributed by atoms with Crippen molar-refractivity contribution in [3.8, 4) is 0 Å². The zero-order chi connectivity index (χ0) is 9.68. The lowest BCUT2D eigenvalue weighted by atomic mass is 9.88. The van der Waals surface area contributed by atoms with Crippen LogP contribution in [0.2, 0.25) is 0 Å². The molecule has 0 aromatic heterocycles. The maximum absolute atomic E-state index is 3.50. The number of hydrogen-bond donors (Lipinski definition) is 1. The normalized spacial score (nSPS) is 26.3. The first-order valence-corrected chi connectivity index (χ1v) is 5.62. The molecule has 0 spiro atoms. The van der Waals surface area contributed by atoms with Gasteiger partial charge >= 0.3 is 0 Å². The molecular formula is C11H24N2. The van der Waals surface area contributed by atoms with Gasteiger partial charge in [0.2, 0.25) is 0 Å². The first-order valence-electron chi connectivity index (χ1n) is 5.62. The molecule has 1 rings (SSSR count). The van der Waals surface area contributed by atoms with E-state index in [2.05, 4.69) is 31.2 Å². The molecular weight excluding hydrogens is 160 g/mol. The van der Waals surface area contributed by atoms with Crippen LogP contribution in [0.15, 0.2) is 0 Å². The van der Waals surface area contributed by atoms with Gasteiger partial charge in [0, 0.05) is 6.04 Å². The molecule has 1 saturated heterocycles. The van der Waals surface area contributed by atoms with Gasteiger partial charge in [0.25, 0.3) is 0 Å². The Bertz CT molecular complexity index is 128. The van der Waals surface area contributed by atoms with Gasteiger partial charge in [0.1, 0.15) is 0 Å². The quantitative estimate of drug-likeness (QED) is 0.715. The van der Waals surface area contributed by atoms with Crippen molar-refractivity contribution in [2.75, 3.05) is 27.2 Å². The molecule has 78 valence electrons. The molecule has 2 atom stereocenters. The molecule has 0 amide bonds. The van der Waals surface area contributed by atoms with E-state index in [4.69, 9.17) is 0 Å². The van der Waals surface area contributed by atoms with E-state index < -0.39 is 0 Å². The third kappa shape index (κ3) is 3.28. The van der Waals surface area contributed by atoms with Crippen LogP contribution in [0, 0.1) is 5.92 Å². The molecule has 2 heteroatoms. The molecule has 0 aliphatic carbocycles. The first-order chi connectivity index (χ1) is 6.25. The maximum Gasteiger partial charge on any atom is 0.0129 e. The topological polar surface area (TPSA) is 15.3 Å². The molecule has 0 aromatic rings. The monoisotopic (exact) mass is 184 g/mol. The van der Waals surface area contributed by atoms with Crippen LogP contribution in [0.1, 0.15) is 32.6 Å². The van der Waals surface area contributed by atoms with Crippen molar-refractivity contribution >= 4 is 0 Å². The van der Waals surface area contributed by atoms with Gasteiger partial charge in [-0.3, -0.25) is 0 Å². The fourth-order valence-electron chi connectivity index (χ4n) is 2.42. The van der Waals surface area contributed by atoms with Crippen LogP contribution in [-0.4, -0.2) is 38.1 Å². The van der Waals surface area contributed by atoms with Gasteiger partial charge in [0.15, 0.2) is 0 Å². The van der Waals surface area contributed by atoms with Crippen LogP contribution in [0.5, 0.6) is 0 Å². The lowest BCUT2D eigenvalue weighted by Crippen LogP contribution is -2.43. The highest BCUT2D eigenvalue weighted by molar-refractivity contribution is 4.80. The smallest absolute Gasteiger partial charge is 0.0129 e. The summed E-state index contributed by atoms with van der Waals surface area (Å²) < 4.78 is 0.